The van der Waals surface area contributed by atoms with Crippen molar-refractivity contribution in [3.05, 3.63) is 0 Å². The van der Waals surface area contributed by atoms with Crippen molar-refractivity contribution in [3.63, 3.8) is 0 Å². The molecule has 0 saturated heterocycles. The van der Waals surface area contributed by atoms with Crippen molar-refractivity contribution in [3.8, 4) is 0 Å². The van der Waals surface area contributed by atoms with Crippen LogP contribution in [0.4, 0.5) is 0 Å². The summed E-state index contributed by atoms with van der Waals surface area (Å²) in [4.78, 5) is 11.9. The lowest BCUT2D eigenvalue weighted by Crippen LogP contribution is -2.49. The third kappa shape index (κ3) is 7.90. The molecule has 0 heterocycles. The van der Waals surface area contributed by atoms with Crippen molar-refractivity contribution in [2.75, 3.05) is 6.61 Å². The average molecular weight is 349 g/mol. The molecular formula is C16H36O4Si2. The lowest BCUT2D eigenvalue weighted by atomic mass is 10.2. The molecule has 0 fully saturated rings. The maximum atomic E-state index is 11.9. The Morgan fingerprint density at radius 3 is 1.91 bits per heavy atom. The first-order valence-electron chi connectivity index (χ1n) is 8.21. The molecule has 22 heavy (non-hydrogen) atoms. The van der Waals surface area contributed by atoms with Gasteiger partial charge in [0.1, 0.15) is 0 Å². The fourth-order valence-electron chi connectivity index (χ4n) is 1.86. The second-order valence-electron chi connectivity index (χ2n) is 8.36. The zero-order chi connectivity index (χ0) is 17.8. The third-order valence-corrected chi connectivity index (χ3v) is 9.57. The Hall–Kier alpha value is -0.176. The maximum Gasteiger partial charge on any atom is 0.308 e. The average Bonchev–Trinajstić information content (AvgIpc) is 2.24. The van der Waals surface area contributed by atoms with Crippen LogP contribution in [0.3, 0.4) is 0 Å². The largest absolute Gasteiger partial charge is 0.466 e. The minimum atomic E-state index is -1.89. The molecule has 0 radical (unpaired) electrons. The van der Waals surface area contributed by atoms with Gasteiger partial charge in [-0.1, -0.05) is 20.8 Å². The Kier molecular flexibility index (Phi) is 8.02. The van der Waals surface area contributed by atoms with Gasteiger partial charge in [0.05, 0.1) is 25.2 Å². The van der Waals surface area contributed by atoms with Crippen LogP contribution < -0.4 is 0 Å². The van der Waals surface area contributed by atoms with Gasteiger partial charge in [-0.15, -0.1) is 0 Å². The summed E-state index contributed by atoms with van der Waals surface area (Å²) in [6.45, 7) is 21.7. The van der Waals surface area contributed by atoms with Crippen LogP contribution in [0.2, 0.25) is 37.8 Å². The highest BCUT2D eigenvalue weighted by molar-refractivity contribution is 6.74. The predicted molar refractivity (Wildman–Crippen MR) is 97.2 cm³/mol. The van der Waals surface area contributed by atoms with Gasteiger partial charge >= 0.3 is 5.97 Å². The first-order chi connectivity index (χ1) is 9.69. The molecule has 0 aromatic carbocycles. The Morgan fingerprint density at radius 2 is 1.55 bits per heavy atom. The second-order valence-corrected chi connectivity index (χ2v) is 17.6. The van der Waals surface area contributed by atoms with E-state index in [4.69, 9.17) is 13.6 Å². The van der Waals surface area contributed by atoms with Crippen LogP contribution in [0.25, 0.3) is 0 Å². The summed E-state index contributed by atoms with van der Waals surface area (Å²) in [5, 5.41) is 0.134. The lowest BCUT2D eigenvalue weighted by molar-refractivity contribution is -0.146. The molecule has 0 N–H and O–H groups in total. The third-order valence-electron chi connectivity index (χ3n) is 3.99. The Bertz CT molecular complexity index is 356. The molecule has 0 aliphatic rings. The van der Waals surface area contributed by atoms with Crippen molar-refractivity contribution in [1.82, 2.24) is 0 Å². The number of carbonyl (C=O) groups is 1. The molecule has 0 saturated carbocycles. The topological polar surface area (TPSA) is 44.8 Å². The number of carbonyl (C=O) groups excluding carboxylic acids is 1. The van der Waals surface area contributed by atoms with Crippen LogP contribution in [0, 0.1) is 0 Å². The fourth-order valence-corrected chi connectivity index (χ4v) is 4.48. The fraction of sp³-hybridized carbons (Fsp3) is 0.938. The molecular weight excluding hydrogens is 312 g/mol. The van der Waals surface area contributed by atoms with E-state index in [2.05, 4.69) is 53.5 Å². The molecule has 0 unspecified atom stereocenters. The van der Waals surface area contributed by atoms with Gasteiger partial charge in [-0.3, -0.25) is 4.79 Å². The lowest BCUT2D eigenvalue weighted by Gasteiger charge is -2.41. The molecule has 0 amide bonds. The number of esters is 1. The van der Waals surface area contributed by atoms with Gasteiger partial charge in [0.2, 0.25) is 0 Å². The van der Waals surface area contributed by atoms with Gasteiger partial charge in [-0.25, -0.2) is 0 Å². The van der Waals surface area contributed by atoms with Crippen LogP contribution >= 0.6 is 0 Å². The van der Waals surface area contributed by atoms with E-state index in [1.165, 1.54) is 0 Å². The molecule has 0 aromatic rings. The van der Waals surface area contributed by atoms with E-state index in [0.29, 0.717) is 6.61 Å². The van der Waals surface area contributed by atoms with Gasteiger partial charge in [-0.2, -0.15) is 0 Å². The van der Waals surface area contributed by atoms with Crippen molar-refractivity contribution in [2.24, 2.45) is 0 Å². The van der Waals surface area contributed by atoms with E-state index in [1.807, 2.05) is 13.8 Å². The van der Waals surface area contributed by atoms with Crippen LogP contribution in [0.1, 0.15) is 41.0 Å². The SMILES string of the molecule is CCOC(=O)C[C@@H](O[Si](C)(C)C)[C@@H](C)O[Si](C)(C)C(C)(C)C. The molecule has 4 nitrogen and oxygen atoms in total. The standard InChI is InChI=1S/C16H36O4Si2/c1-11-18-15(17)12-14(20-21(6,7)8)13(2)19-22(9,10)16(3,4)5/h13-14H,11-12H2,1-10H3/t13-,14-/m1/s1. The van der Waals surface area contributed by atoms with Crippen molar-refractivity contribution in [2.45, 2.75) is 91.0 Å². The number of hydrogen-bond donors (Lipinski definition) is 0. The minimum absolute atomic E-state index is 0.114. The molecule has 0 aliphatic carbocycles. The van der Waals surface area contributed by atoms with E-state index in [1.54, 1.807) is 0 Å². The highest BCUT2D eigenvalue weighted by Gasteiger charge is 2.40. The molecule has 0 aromatic heterocycles. The maximum absolute atomic E-state index is 11.9. The van der Waals surface area contributed by atoms with E-state index >= 15 is 0 Å². The molecule has 0 rings (SSSR count). The van der Waals surface area contributed by atoms with Gasteiger partial charge in [0, 0.05) is 0 Å². The van der Waals surface area contributed by atoms with Crippen molar-refractivity contribution < 1.29 is 18.4 Å². The van der Waals surface area contributed by atoms with E-state index < -0.39 is 16.6 Å². The van der Waals surface area contributed by atoms with E-state index in [0.717, 1.165) is 0 Å². The predicted octanol–water partition coefficient (Wildman–Crippen LogP) is 4.57. The quantitative estimate of drug-likeness (QED) is 0.476. The summed E-state index contributed by atoms with van der Waals surface area (Å²) < 4.78 is 17.7. The van der Waals surface area contributed by atoms with Gasteiger partial charge in [0.15, 0.2) is 16.6 Å². The highest BCUT2D eigenvalue weighted by Crippen LogP contribution is 2.38. The molecule has 2 atom stereocenters. The summed E-state index contributed by atoms with van der Waals surface area (Å²) in [7, 11) is -3.66. The summed E-state index contributed by atoms with van der Waals surface area (Å²) in [6.07, 6.45) is -0.0923. The molecule has 6 heteroatoms. The summed E-state index contributed by atoms with van der Waals surface area (Å²) in [5.74, 6) is -0.212. The molecule has 0 bridgehead atoms. The normalized spacial score (nSPS) is 16.3. The van der Waals surface area contributed by atoms with Crippen LogP contribution in [-0.4, -0.2) is 41.4 Å². The zero-order valence-corrected chi connectivity index (χ0v) is 18.2. The monoisotopic (exact) mass is 348 g/mol. The molecule has 0 spiro atoms. The van der Waals surface area contributed by atoms with Gasteiger partial charge in [0.25, 0.3) is 0 Å². The Labute approximate surface area is 139 Å². The highest BCUT2D eigenvalue weighted by atomic mass is 28.4. The summed E-state index contributed by atoms with van der Waals surface area (Å²) >= 11 is 0. The van der Waals surface area contributed by atoms with E-state index in [9.17, 15) is 4.79 Å². The number of hydrogen-bond acceptors (Lipinski definition) is 4. The Morgan fingerprint density at radius 1 is 1.05 bits per heavy atom. The minimum Gasteiger partial charge on any atom is -0.466 e. The first-order valence-corrected chi connectivity index (χ1v) is 14.5. The molecule has 132 valence electrons. The number of ether oxygens (including phenoxy) is 1. The van der Waals surface area contributed by atoms with Crippen LogP contribution in [0.15, 0.2) is 0 Å². The molecule has 0 aliphatic heterocycles. The summed E-state index contributed by atoms with van der Waals surface area (Å²) in [6, 6.07) is 0. The van der Waals surface area contributed by atoms with Crippen LogP contribution in [0.5, 0.6) is 0 Å². The van der Waals surface area contributed by atoms with Crippen LogP contribution in [-0.2, 0) is 18.4 Å². The zero-order valence-electron chi connectivity index (χ0n) is 16.2. The van der Waals surface area contributed by atoms with Gasteiger partial charge in [-0.05, 0) is 51.6 Å². The van der Waals surface area contributed by atoms with Crippen molar-refractivity contribution >= 4 is 22.6 Å². The van der Waals surface area contributed by atoms with Crippen molar-refractivity contribution in [1.29, 1.82) is 0 Å². The number of rotatable bonds is 8. The summed E-state index contributed by atoms with van der Waals surface area (Å²) in [5.41, 5.74) is 0. The van der Waals surface area contributed by atoms with E-state index in [-0.39, 0.29) is 29.6 Å². The Balaban J connectivity index is 5.04. The smallest absolute Gasteiger partial charge is 0.308 e. The van der Waals surface area contributed by atoms with Gasteiger partial charge < -0.3 is 13.6 Å². The second kappa shape index (κ2) is 8.08. The first kappa shape index (κ1) is 21.8.